The zero-order chi connectivity index (χ0) is 14.5. The van der Waals surface area contributed by atoms with Crippen molar-refractivity contribution in [2.45, 2.75) is 39.8 Å². The van der Waals surface area contributed by atoms with E-state index in [0.29, 0.717) is 5.92 Å². The van der Waals surface area contributed by atoms with Gasteiger partial charge in [-0.3, -0.25) is 0 Å². The van der Waals surface area contributed by atoms with Crippen LogP contribution in [-0.4, -0.2) is 13.1 Å². The van der Waals surface area contributed by atoms with Crippen molar-refractivity contribution < 1.29 is 13.2 Å². The van der Waals surface area contributed by atoms with Gasteiger partial charge < -0.3 is 5.32 Å². The zero-order valence-electron chi connectivity index (χ0n) is 11.8. The zero-order valence-corrected chi connectivity index (χ0v) is 11.8. The molecule has 1 aromatic carbocycles. The van der Waals surface area contributed by atoms with E-state index in [1.807, 2.05) is 0 Å². The average molecular weight is 273 g/mol. The Morgan fingerprint density at radius 3 is 2.47 bits per heavy atom. The molecule has 0 aliphatic heterocycles. The number of benzene rings is 1. The van der Waals surface area contributed by atoms with Gasteiger partial charge in [-0.2, -0.15) is 13.2 Å². The molecule has 0 heterocycles. The van der Waals surface area contributed by atoms with E-state index in [2.05, 4.69) is 19.2 Å². The van der Waals surface area contributed by atoms with E-state index in [9.17, 15) is 13.2 Å². The summed E-state index contributed by atoms with van der Waals surface area (Å²) in [5.41, 5.74) is 1.15. The van der Waals surface area contributed by atoms with Gasteiger partial charge in [-0.1, -0.05) is 19.9 Å². The van der Waals surface area contributed by atoms with Crippen LogP contribution in [0.2, 0.25) is 0 Å². The molecule has 0 radical (unpaired) electrons. The maximum atomic E-state index is 12.6. The third-order valence-corrected chi connectivity index (χ3v) is 3.16. The van der Waals surface area contributed by atoms with Gasteiger partial charge in [0.25, 0.3) is 0 Å². The first-order valence-corrected chi connectivity index (χ1v) is 6.72. The molecule has 0 aliphatic carbocycles. The quantitative estimate of drug-likeness (QED) is 0.766. The summed E-state index contributed by atoms with van der Waals surface area (Å²) in [6, 6.07) is 4.02. The molecule has 1 atom stereocenters. The molecule has 1 N–H and O–H groups in total. The van der Waals surface area contributed by atoms with Crippen LogP contribution in [0.4, 0.5) is 13.2 Å². The molecule has 0 fully saturated rings. The lowest BCUT2D eigenvalue weighted by Gasteiger charge is -2.15. The molecule has 0 spiro atoms. The molecule has 108 valence electrons. The van der Waals surface area contributed by atoms with Crippen molar-refractivity contribution in [2.24, 2.45) is 5.92 Å². The van der Waals surface area contributed by atoms with Gasteiger partial charge >= 0.3 is 6.18 Å². The lowest BCUT2D eigenvalue weighted by Crippen LogP contribution is -2.23. The fourth-order valence-electron chi connectivity index (χ4n) is 2.07. The lowest BCUT2D eigenvalue weighted by molar-refractivity contribution is -0.137. The molecule has 0 amide bonds. The molecular formula is C15H22F3N. The highest BCUT2D eigenvalue weighted by molar-refractivity contribution is 5.32. The van der Waals surface area contributed by atoms with E-state index in [4.69, 9.17) is 0 Å². The molecule has 1 unspecified atom stereocenters. The summed E-state index contributed by atoms with van der Waals surface area (Å²) in [5, 5.41) is 3.33. The molecule has 1 aromatic rings. The number of rotatable bonds is 6. The van der Waals surface area contributed by atoms with E-state index in [1.54, 1.807) is 13.0 Å². The van der Waals surface area contributed by atoms with Crippen molar-refractivity contribution in [3.8, 4) is 0 Å². The van der Waals surface area contributed by atoms with Crippen LogP contribution in [-0.2, 0) is 12.6 Å². The highest BCUT2D eigenvalue weighted by Gasteiger charge is 2.30. The Kier molecular flexibility index (Phi) is 5.85. The van der Waals surface area contributed by atoms with E-state index in [0.717, 1.165) is 37.1 Å². The van der Waals surface area contributed by atoms with Crippen LogP contribution in [0.25, 0.3) is 0 Å². The van der Waals surface area contributed by atoms with E-state index in [-0.39, 0.29) is 0 Å². The Bertz CT molecular complexity index is 399. The smallest absolute Gasteiger partial charge is 0.316 e. The van der Waals surface area contributed by atoms with Crippen molar-refractivity contribution in [3.63, 3.8) is 0 Å². The van der Waals surface area contributed by atoms with E-state index >= 15 is 0 Å². The van der Waals surface area contributed by atoms with Gasteiger partial charge in [-0.05, 0) is 62.0 Å². The second-order valence-corrected chi connectivity index (χ2v) is 5.15. The molecule has 19 heavy (non-hydrogen) atoms. The van der Waals surface area contributed by atoms with Crippen LogP contribution in [0, 0.1) is 12.8 Å². The standard InChI is InChI=1S/C15H22F3N/c1-4-7-19-10-11(2)8-13-5-6-14(9-12(13)3)15(16,17)18/h5-6,9,11,19H,4,7-8,10H2,1-3H3. The summed E-state index contributed by atoms with van der Waals surface area (Å²) in [5.74, 6) is 0.419. The number of halogens is 3. The topological polar surface area (TPSA) is 12.0 Å². The minimum absolute atomic E-state index is 0.419. The minimum Gasteiger partial charge on any atom is -0.316 e. The van der Waals surface area contributed by atoms with Gasteiger partial charge in [0.2, 0.25) is 0 Å². The van der Waals surface area contributed by atoms with Crippen molar-refractivity contribution in [1.82, 2.24) is 5.32 Å². The van der Waals surface area contributed by atoms with E-state index < -0.39 is 11.7 Å². The molecule has 0 aliphatic rings. The van der Waals surface area contributed by atoms with Crippen molar-refractivity contribution in [1.29, 1.82) is 0 Å². The summed E-state index contributed by atoms with van der Waals surface area (Å²) in [6.07, 6.45) is -2.36. The summed E-state index contributed by atoms with van der Waals surface area (Å²) in [6.45, 7) is 7.85. The van der Waals surface area contributed by atoms with Gasteiger partial charge in [0, 0.05) is 0 Å². The van der Waals surface area contributed by atoms with E-state index in [1.165, 1.54) is 12.1 Å². The van der Waals surface area contributed by atoms with Crippen LogP contribution in [0.5, 0.6) is 0 Å². The normalized spacial score (nSPS) is 13.6. The Morgan fingerprint density at radius 2 is 1.95 bits per heavy atom. The predicted molar refractivity (Wildman–Crippen MR) is 72.2 cm³/mol. The van der Waals surface area contributed by atoms with Crippen LogP contribution < -0.4 is 5.32 Å². The largest absolute Gasteiger partial charge is 0.416 e. The number of aryl methyl sites for hydroxylation is 1. The van der Waals surface area contributed by atoms with Gasteiger partial charge in [-0.15, -0.1) is 0 Å². The highest BCUT2D eigenvalue weighted by Crippen LogP contribution is 2.30. The molecule has 0 aromatic heterocycles. The Morgan fingerprint density at radius 1 is 1.26 bits per heavy atom. The Balaban J connectivity index is 2.65. The number of hydrogen-bond acceptors (Lipinski definition) is 1. The fourth-order valence-corrected chi connectivity index (χ4v) is 2.07. The van der Waals surface area contributed by atoms with Crippen LogP contribution in [0.1, 0.15) is 37.0 Å². The minimum atomic E-state index is -4.25. The molecular weight excluding hydrogens is 251 g/mol. The summed E-state index contributed by atoms with van der Waals surface area (Å²) >= 11 is 0. The van der Waals surface area contributed by atoms with Crippen LogP contribution in [0.3, 0.4) is 0 Å². The average Bonchev–Trinajstić information content (AvgIpc) is 2.31. The molecule has 4 heteroatoms. The Labute approximate surface area is 113 Å². The summed E-state index contributed by atoms with van der Waals surface area (Å²) < 4.78 is 37.7. The number of nitrogens with one attached hydrogen (secondary N) is 1. The highest BCUT2D eigenvalue weighted by atomic mass is 19.4. The first kappa shape index (κ1) is 16.0. The summed E-state index contributed by atoms with van der Waals surface area (Å²) in [4.78, 5) is 0. The van der Waals surface area contributed by atoms with Gasteiger partial charge in [0.1, 0.15) is 0 Å². The molecule has 1 nitrogen and oxygen atoms in total. The van der Waals surface area contributed by atoms with Crippen molar-refractivity contribution in [2.75, 3.05) is 13.1 Å². The van der Waals surface area contributed by atoms with Crippen molar-refractivity contribution >= 4 is 0 Å². The monoisotopic (exact) mass is 273 g/mol. The lowest BCUT2D eigenvalue weighted by atomic mass is 9.96. The number of hydrogen-bond donors (Lipinski definition) is 1. The fraction of sp³-hybridized carbons (Fsp3) is 0.600. The van der Waals surface area contributed by atoms with Gasteiger partial charge in [0.05, 0.1) is 5.56 Å². The third kappa shape index (κ3) is 5.23. The predicted octanol–water partition coefficient (Wildman–Crippen LogP) is 4.19. The molecule has 0 saturated heterocycles. The first-order valence-electron chi connectivity index (χ1n) is 6.72. The van der Waals surface area contributed by atoms with Gasteiger partial charge in [0.15, 0.2) is 0 Å². The second kappa shape index (κ2) is 6.94. The van der Waals surface area contributed by atoms with Crippen molar-refractivity contribution in [3.05, 3.63) is 34.9 Å². The second-order valence-electron chi connectivity index (χ2n) is 5.15. The van der Waals surface area contributed by atoms with Gasteiger partial charge in [-0.25, -0.2) is 0 Å². The Hall–Kier alpha value is -1.03. The van der Waals surface area contributed by atoms with Crippen LogP contribution in [0.15, 0.2) is 18.2 Å². The first-order chi connectivity index (χ1) is 8.84. The SMILES string of the molecule is CCCNCC(C)Cc1ccc(C(F)(F)F)cc1C. The molecule has 0 bridgehead atoms. The summed E-state index contributed by atoms with van der Waals surface area (Å²) in [7, 11) is 0. The third-order valence-electron chi connectivity index (χ3n) is 3.16. The van der Waals surface area contributed by atoms with Crippen LogP contribution >= 0.6 is 0 Å². The molecule has 1 rings (SSSR count). The molecule has 0 saturated carbocycles. The maximum absolute atomic E-state index is 12.6. The number of alkyl halides is 3. The maximum Gasteiger partial charge on any atom is 0.416 e.